The Labute approximate surface area is 335 Å². The van der Waals surface area contributed by atoms with Gasteiger partial charge in [-0.3, -0.25) is 19.2 Å². The summed E-state index contributed by atoms with van der Waals surface area (Å²) in [5.41, 5.74) is 5.77. The third-order valence-electron chi connectivity index (χ3n) is 10.4. The van der Waals surface area contributed by atoms with Crippen LogP contribution in [0.25, 0.3) is 6.08 Å². The number of nitrogens with one attached hydrogen (secondary N) is 2. The normalized spacial score (nSPS) is 16.7. The molecule has 1 fully saturated rings. The van der Waals surface area contributed by atoms with Gasteiger partial charge in [0.05, 0.1) is 23.9 Å². The van der Waals surface area contributed by atoms with E-state index in [2.05, 4.69) is 34.9 Å². The van der Waals surface area contributed by atoms with Gasteiger partial charge in [-0.25, -0.2) is 14.7 Å². The van der Waals surface area contributed by atoms with Crippen molar-refractivity contribution < 1.29 is 38.6 Å². The van der Waals surface area contributed by atoms with Crippen molar-refractivity contribution in [3.8, 4) is 5.75 Å². The molecule has 0 bridgehead atoms. The number of Topliss-reactive ketones (excluding diaryl/α,β-unsaturated/α-hetero) is 1. The monoisotopic (exact) mass is 787 g/mol. The van der Waals surface area contributed by atoms with E-state index >= 15 is 0 Å². The fraction of sp³-hybridized carbons (Fsp3) is 0.302. The summed E-state index contributed by atoms with van der Waals surface area (Å²) in [6.07, 6.45) is 8.15. The van der Waals surface area contributed by atoms with Crippen LogP contribution in [0.3, 0.4) is 0 Å². The molecule has 4 aromatic rings. The fourth-order valence-electron chi connectivity index (χ4n) is 7.54. The molecule has 58 heavy (non-hydrogen) atoms. The summed E-state index contributed by atoms with van der Waals surface area (Å²) in [7, 11) is 3.41. The van der Waals surface area contributed by atoms with E-state index in [0.29, 0.717) is 41.1 Å². The lowest BCUT2D eigenvalue weighted by molar-refractivity contribution is -0.116. The minimum atomic E-state index is -1.40. The van der Waals surface area contributed by atoms with Crippen molar-refractivity contribution in [2.45, 2.75) is 51.3 Å². The number of carbonyl (C=O) groups is 5. The molecule has 1 aliphatic carbocycles. The van der Waals surface area contributed by atoms with Gasteiger partial charge >= 0.3 is 6.09 Å². The number of aliphatic hydroxyl groups is 1. The second-order valence-electron chi connectivity index (χ2n) is 14.7. The highest BCUT2D eigenvalue weighted by Gasteiger charge is 2.46. The molecule has 2 aromatic heterocycles. The molecule has 3 N–H and O–H groups in total. The minimum Gasteiger partial charge on any atom is -0.493 e. The van der Waals surface area contributed by atoms with Crippen molar-refractivity contribution >= 4 is 52.9 Å². The molecule has 2 atom stereocenters. The van der Waals surface area contributed by atoms with Crippen LogP contribution < -0.4 is 20.3 Å². The molecular weight excluding hydrogens is 743 g/mol. The second kappa shape index (κ2) is 16.4. The van der Waals surface area contributed by atoms with Gasteiger partial charge in [-0.1, -0.05) is 43.0 Å². The molecule has 0 radical (unpaired) electrons. The SMILES string of the molecule is C=CCOC(=O)N1c2cc(OCCCC(=O)Nc3cn(C)c(C(=O)Cc4cc(C(=O)Nc5ccc6c(c5)C=CC6)n(C)c4)n3)c(C)cc2C(=O)N2CC(=C)C[C@H]2C1O. The van der Waals surface area contributed by atoms with E-state index in [-0.39, 0.29) is 79.0 Å². The maximum Gasteiger partial charge on any atom is 0.416 e. The van der Waals surface area contributed by atoms with Gasteiger partial charge in [0.1, 0.15) is 18.1 Å². The molecule has 4 amide bonds. The van der Waals surface area contributed by atoms with Gasteiger partial charge in [0.2, 0.25) is 11.7 Å². The number of benzene rings is 2. The lowest BCUT2D eigenvalue weighted by atomic mass is 10.1. The van der Waals surface area contributed by atoms with Crippen molar-refractivity contribution in [2.75, 3.05) is 35.3 Å². The van der Waals surface area contributed by atoms with Crippen molar-refractivity contribution in [1.82, 2.24) is 19.0 Å². The number of aromatic nitrogens is 3. The summed E-state index contributed by atoms with van der Waals surface area (Å²) in [6.45, 7) is 9.60. The zero-order valence-electron chi connectivity index (χ0n) is 32.6. The summed E-state index contributed by atoms with van der Waals surface area (Å²) in [4.78, 5) is 73.1. The highest BCUT2D eigenvalue weighted by Crippen LogP contribution is 2.39. The number of aliphatic hydroxyl groups excluding tert-OH is 1. The van der Waals surface area contributed by atoms with E-state index in [1.807, 2.05) is 24.3 Å². The van der Waals surface area contributed by atoms with E-state index in [0.717, 1.165) is 22.5 Å². The number of nitrogens with zero attached hydrogens (tertiary/aromatic N) is 5. The third-order valence-corrected chi connectivity index (χ3v) is 10.4. The topological polar surface area (TPSA) is 177 Å². The molecule has 4 heterocycles. The molecule has 0 saturated carbocycles. The molecule has 2 aromatic carbocycles. The first-order chi connectivity index (χ1) is 27.8. The number of imidazole rings is 1. The average Bonchev–Trinajstić information content (AvgIpc) is 3.98. The van der Waals surface area contributed by atoms with Crippen LogP contribution >= 0.6 is 0 Å². The van der Waals surface area contributed by atoms with Gasteiger partial charge in [-0.05, 0) is 72.7 Å². The highest BCUT2D eigenvalue weighted by molar-refractivity contribution is 6.06. The number of ether oxygens (including phenoxy) is 2. The number of hydrogen-bond acceptors (Lipinski definition) is 9. The summed E-state index contributed by atoms with van der Waals surface area (Å²) in [5.74, 6) is -0.544. The van der Waals surface area contributed by atoms with Gasteiger partial charge in [0, 0.05) is 57.6 Å². The van der Waals surface area contributed by atoms with Crippen LogP contribution in [-0.4, -0.2) is 85.8 Å². The van der Waals surface area contributed by atoms with E-state index in [1.165, 1.54) is 22.6 Å². The van der Waals surface area contributed by atoms with E-state index in [4.69, 9.17) is 9.47 Å². The Balaban J connectivity index is 0.938. The fourth-order valence-corrected chi connectivity index (χ4v) is 7.54. The molecule has 300 valence electrons. The van der Waals surface area contributed by atoms with Crippen LogP contribution in [-0.2, 0) is 36.5 Å². The first-order valence-corrected chi connectivity index (χ1v) is 18.9. The van der Waals surface area contributed by atoms with Gasteiger partial charge in [0.25, 0.3) is 11.8 Å². The maximum absolute atomic E-state index is 13.6. The maximum atomic E-state index is 13.6. The van der Waals surface area contributed by atoms with Gasteiger partial charge in [-0.2, -0.15) is 0 Å². The molecule has 3 aliphatic rings. The largest absolute Gasteiger partial charge is 0.493 e. The van der Waals surface area contributed by atoms with Crippen molar-refractivity contribution in [3.63, 3.8) is 0 Å². The van der Waals surface area contributed by atoms with Gasteiger partial charge in [-0.15, -0.1) is 0 Å². The Morgan fingerprint density at radius 1 is 1.07 bits per heavy atom. The zero-order valence-corrected chi connectivity index (χ0v) is 32.6. The lowest BCUT2D eigenvalue weighted by Gasteiger charge is -2.31. The van der Waals surface area contributed by atoms with E-state index in [9.17, 15) is 29.1 Å². The number of aryl methyl sites for hydroxylation is 3. The molecule has 0 spiro atoms. The molecule has 1 saturated heterocycles. The Bertz CT molecular complexity index is 2390. The first-order valence-electron chi connectivity index (χ1n) is 18.9. The van der Waals surface area contributed by atoms with Crippen molar-refractivity contribution in [3.05, 3.63) is 119 Å². The van der Waals surface area contributed by atoms with E-state index in [1.54, 1.807) is 54.7 Å². The number of anilines is 3. The average molecular weight is 788 g/mol. The van der Waals surface area contributed by atoms with E-state index < -0.39 is 18.4 Å². The summed E-state index contributed by atoms with van der Waals surface area (Å²) in [5, 5.41) is 17.0. The Hall–Kier alpha value is -6.74. The Morgan fingerprint density at radius 2 is 1.88 bits per heavy atom. The molecule has 1 unspecified atom stereocenters. The number of fused-ring (bicyclic) bond motifs is 3. The predicted molar refractivity (Wildman–Crippen MR) is 217 cm³/mol. The molecule has 7 rings (SSSR count). The summed E-state index contributed by atoms with van der Waals surface area (Å²) >= 11 is 0. The van der Waals surface area contributed by atoms with Crippen LogP contribution in [0.15, 0.2) is 79.7 Å². The van der Waals surface area contributed by atoms with Crippen molar-refractivity contribution in [2.24, 2.45) is 14.1 Å². The summed E-state index contributed by atoms with van der Waals surface area (Å²) in [6, 6.07) is 9.94. The third kappa shape index (κ3) is 8.07. The molecule has 2 aliphatic heterocycles. The Morgan fingerprint density at radius 3 is 2.67 bits per heavy atom. The lowest BCUT2D eigenvalue weighted by Crippen LogP contribution is -2.50. The second-order valence-corrected chi connectivity index (χ2v) is 14.7. The molecule has 15 nitrogen and oxygen atoms in total. The number of carbonyl (C=O) groups excluding carboxylic acids is 5. The van der Waals surface area contributed by atoms with Crippen LogP contribution in [0.5, 0.6) is 5.75 Å². The van der Waals surface area contributed by atoms with Crippen LogP contribution in [0.2, 0.25) is 0 Å². The zero-order chi connectivity index (χ0) is 41.2. The standard InChI is InChI=1S/C43H45N7O8/c1-6-14-58-43(56)50-32-21-36(26(3)17-31(32)41(54)49-22-25(2)16-34(49)42(50)55)57-15-8-11-38(52)45-37-24-48(5)39(46-37)35(51)19-27-18-33(47(4)23-27)40(53)44-30-13-12-28-9-7-10-29(28)20-30/h6-7,10,12-13,17-18,20-21,23-24,34,42,55H,1-2,8-9,11,14-16,19,22H2,3-5H3,(H,44,53)(H,45,52)/t34-,42?/m0/s1. The van der Waals surface area contributed by atoms with Crippen LogP contribution in [0.4, 0.5) is 22.0 Å². The highest BCUT2D eigenvalue weighted by atomic mass is 16.6. The molecule has 15 heteroatoms. The summed E-state index contributed by atoms with van der Waals surface area (Å²) < 4.78 is 14.5. The smallest absolute Gasteiger partial charge is 0.416 e. The quantitative estimate of drug-likeness (QED) is 0.0917. The first kappa shape index (κ1) is 39.5. The molecular formula is C43H45N7O8. The van der Waals surface area contributed by atoms with Gasteiger partial charge < -0.3 is 39.2 Å². The number of rotatable bonds is 13. The number of ketones is 1. The number of allylic oxidation sites excluding steroid dienone is 1. The predicted octanol–water partition coefficient (Wildman–Crippen LogP) is 5.34. The minimum absolute atomic E-state index is 0.00205. The van der Waals surface area contributed by atoms with Crippen LogP contribution in [0.1, 0.15) is 73.0 Å². The van der Waals surface area contributed by atoms with Crippen molar-refractivity contribution in [1.29, 1.82) is 0 Å². The number of amides is 4. The van der Waals surface area contributed by atoms with Crippen LogP contribution in [0, 0.1) is 6.92 Å². The van der Waals surface area contributed by atoms with Gasteiger partial charge in [0.15, 0.2) is 17.9 Å². The number of hydrogen-bond donors (Lipinski definition) is 3. The Kier molecular flexibility index (Phi) is 11.2.